The Morgan fingerprint density at radius 1 is 1.13 bits per heavy atom. The maximum Gasteiger partial charge on any atom is 0.250 e. The lowest BCUT2D eigenvalue weighted by atomic mass is 10.1. The highest BCUT2D eigenvalue weighted by atomic mass is 19.1. The summed E-state index contributed by atoms with van der Waals surface area (Å²) in [6.07, 6.45) is 0. The highest BCUT2D eigenvalue weighted by Crippen LogP contribution is 2.15. The lowest BCUT2D eigenvalue weighted by Gasteiger charge is -2.15. The van der Waals surface area contributed by atoms with E-state index in [4.69, 9.17) is 5.73 Å². The standard InChI is InChI=1S/C17H18FN3O2/c1-11(12-6-8-13(18)9-7-12)21-16(22)10-20-15-5-3-2-4-14(15)17(19)23/h2-9,11,20H,10H2,1H3,(H2,19,23)(H,21,22). The second kappa shape index (κ2) is 7.40. The van der Waals surface area contributed by atoms with Gasteiger partial charge >= 0.3 is 0 Å². The molecule has 2 rings (SSSR count). The van der Waals surface area contributed by atoms with E-state index in [2.05, 4.69) is 10.6 Å². The van der Waals surface area contributed by atoms with Gasteiger partial charge in [-0.3, -0.25) is 9.59 Å². The lowest BCUT2D eigenvalue weighted by molar-refractivity contribution is -0.120. The van der Waals surface area contributed by atoms with E-state index in [1.54, 1.807) is 36.4 Å². The Labute approximate surface area is 133 Å². The third-order valence-corrected chi connectivity index (χ3v) is 3.38. The average molecular weight is 315 g/mol. The molecule has 0 aromatic heterocycles. The zero-order chi connectivity index (χ0) is 16.8. The van der Waals surface area contributed by atoms with Crippen molar-refractivity contribution in [2.24, 2.45) is 5.73 Å². The van der Waals surface area contributed by atoms with Gasteiger partial charge in [0, 0.05) is 5.69 Å². The summed E-state index contributed by atoms with van der Waals surface area (Å²) in [7, 11) is 0. The van der Waals surface area contributed by atoms with Gasteiger partial charge in [-0.25, -0.2) is 4.39 Å². The Bertz CT molecular complexity index is 701. The van der Waals surface area contributed by atoms with Crippen LogP contribution in [0, 0.1) is 5.82 Å². The predicted octanol–water partition coefficient (Wildman–Crippen LogP) is 2.21. The number of halogens is 1. The number of hydrogen-bond donors (Lipinski definition) is 3. The molecule has 0 aliphatic rings. The zero-order valence-electron chi connectivity index (χ0n) is 12.7. The Kier molecular flexibility index (Phi) is 5.30. The highest BCUT2D eigenvalue weighted by Gasteiger charge is 2.11. The molecule has 6 heteroatoms. The van der Waals surface area contributed by atoms with Gasteiger partial charge in [0.15, 0.2) is 0 Å². The van der Waals surface area contributed by atoms with Crippen LogP contribution >= 0.6 is 0 Å². The van der Waals surface area contributed by atoms with E-state index < -0.39 is 5.91 Å². The van der Waals surface area contributed by atoms with Crippen molar-refractivity contribution in [3.63, 3.8) is 0 Å². The Hall–Kier alpha value is -2.89. The molecule has 23 heavy (non-hydrogen) atoms. The van der Waals surface area contributed by atoms with Crippen LogP contribution in [0.25, 0.3) is 0 Å². The molecule has 2 amide bonds. The van der Waals surface area contributed by atoms with Gasteiger partial charge in [0.2, 0.25) is 5.91 Å². The summed E-state index contributed by atoms with van der Waals surface area (Å²) in [6.45, 7) is 1.80. The van der Waals surface area contributed by atoms with E-state index in [9.17, 15) is 14.0 Å². The minimum atomic E-state index is -0.562. The summed E-state index contributed by atoms with van der Waals surface area (Å²) < 4.78 is 12.9. The number of benzene rings is 2. The SMILES string of the molecule is CC(NC(=O)CNc1ccccc1C(N)=O)c1ccc(F)cc1. The molecule has 0 bridgehead atoms. The van der Waals surface area contributed by atoms with Gasteiger partial charge < -0.3 is 16.4 Å². The third-order valence-electron chi connectivity index (χ3n) is 3.38. The van der Waals surface area contributed by atoms with Gasteiger partial charge in [-0.2, -0.15) is 0 Å². The Morgan fingerprint density at radius 3 is 2.43 bits per heavy atom. The van der Waals surface area contributed by atoms with E-state index in [1.165, 1.54) is 12.1 Å². The van der Waals surface area contributed by atoms with Crippen molar-refractivity contribution in [3.05, 3.63) is 65.5 Å². The number of nitrogens with one attached hydrogen (secondary N) is 2. The summed E-state index contributed by atoms with van der Waals surface area (Å²) in [5.74, 6) is -1.13. The number of carbonyl (C=O) groups excluding carboxylic acids is 2. The van der Waals surface area contributed by atoms with E-state index in [1.807, 2.05) is 6.92 Å². The Balaban J connectivity index is 1.93. The van der Waals surface area contributed by atoms with Crippen LogP contribution in [0.1, 0.15) is 28.9 Å². The van der Waals surface area contributed by atoms with Crippen molar-refractivity contribution in [1.29, 1.82) is 0 Å². The van der Waals surface area contributed by atoms with Crippen molar-refractivity contribution in [3.8, 4) is 0 Å². The van der Waals surface area contributed by atoms with Crippen molar-refractivity contribution in [1.82, 2.24) is 5.32 Å². The van der Waals surface area contributed by atoms with E-state index >= 15 is 0 Å². The topological polar surface area (TPSA) is 84.2 Å². The fourth-order valence-electron chi connectivity index (χ4n) is 2.15. The van der Waals surface area contributed by atoms with E-state index in [0.29, 0.717) is 11.3 Å². The monoisotopic (exact) mass is 315 g/mol. The van der Waals surface area contributed by atoms with Gasteiger partial charge in [0.1, 0.15) is 5.82 Å². The largest absolute Gasteiger partial charge is 0.376 e. The number of carbonyl (C=O) groups is 2. The van der Waals surface area contributed by atoms with Gasteiger partial charge in [-0.1, -0.05) is 24.3 Å². The molecule has 2 aromatic rings. The highest BCUT2D eigenvalue weighted by molar-refractivity contribution is 5.99. The zero-order valence-corrected chi connectivity index (χ0v) is 12.7. The molecule has 4 N–H and O–H groups in total. The van der Waals surface area contributed by atoms with Crippen LogP contribution in [0.15, 0.2) is 48.5 Å². The van der Waals surface area contributed by atoms with Crippen LogP contribution in [0.2, 0.25) is 0 Å². The average Bonchev–Trinajstić information content (AvgIpc) is 2.53. The first kappa shape index (κ1) is 16.5. The molecule has 5 nitrogen and oxygen atoms in total. The van der Waals surface area contributed by atoms with Gasteiger partial charge in [0.25, 0.3) is 5.91 Å². The molecule has 0 aliphatic heterocycles. The number of nitrogens with two attached hydrogens (primary N) is 1. The molecule has 1 unspecified atom stereocenters. The first-order valence-electron chi connectivity index (χ1n) is 7.15. The third kappa shape index (κ3) is 4.54. The molecule has 0 fully saturated rings. The molecule has 1 atom stereocenters. The van der Waals surface area contributed by atoms with Crippen molar-refractivity contribution in [2.45, 2.75) is 13.0 Å². The molecular weight excluding hydrogens is 297 g/mol. The lowest BCUT2D eigenvalue weighted by Crippen LogP contribution is -2.32. The van der Waals surface area contributed by atoms with Crippen LogP contribution in [0.5, 0.6) is 0 Å². The maximum absolute atomic E-state index is 12.9. The summed E-state index contributed by atoms with van der Waals surface area (Å²) in [6, 6.07) is 12.4. The van der Waals surface area contributed by atoms with E-state index in [0.717, 1.165) is 5.56 Å². The molecule has 2 aromatic carbocycles. The van der Waals surface area contributed by atoms with Crippen LogP contribution in [-0.4, -0.2) is 18.4 Å². The number of rotatable bonds is 6. The minimum absolute atomic E-state index is 0.00414. The first-order valence-corrected chi connectivity index (χ1v) is 7.15. The molecule has 0 saturated carbocycles. The quantitative estimate of drug-likeness (QED) is 0.764. The van der Waals surface area contributed by atoms with Crippen molar-refractivity contribution in [2.75, 3.05) is 11.9 Å². The summed E-state index contributed by atoms with van der Waals surface area (Å²) in [5.41, 5.74) is 6.91. The van der Waals surface area contributed by atoms with Crippen LogP contribution in [-0.2, 0) is 4.79 Å². The van der Waals surface area contributed by atoms with Crippen molar-refractivity contribution < 1.29 is 14.0 Å². The summed E-state index contributed by atoms with van der Waals surface area (Å²) >= 11 is 0. The molecular formula is C17H18FN3O2. The number of hydrogen-bond acceptors (Lipinski definition) is 3. The van der Waals surface area contributed by atoms with Gasteiger partial charge in [-0.05, 0) is 36.8 Å². The first-order chi connectivity index (χ1) is 11.0. The molecule has 0 radical (unpaired) electrons. The number of para-hydroxylation sites is 1. The summed E-state index contributed by atoms with van der Waals surface area (Å²) in [4.78, 5) is 23.3. The fourth-order valence-corrected chi connectivity index (χ4v) is 2.15. The number of primary amides is 1. The molecule has 0 saturated heterocycles. The second-order valence-corrected chi connectivity index (χ2v) is 5.10. The molecule has 0 aliphatic carbocycles. The fraction of sp³-hybridized carbons (Fsp3) is 0.176. The maximum atomic E-state index is 12.9. The van der Waals surface area contributed by atoms with Crippen LogP contribution < -0.4 is 16.4 Å². The minimum Gasteiger partial charge on any atom is -0.376 e. The number of anilines is 1. The molecule has 120 valence electrons. The second-order valence-electron chi connectivity index (χ2n) is 5.10. The van der Waals surface area contributed by atoms with Gasteiger partial charge in [-0.15, -0.1) is 0 Å². The Morgan fingerprint density at radius 2 is 1.78 bits per heavy atom. The van der Waals surface area contributed by atoms with Crippen LogP contribution in [0.3, 0.4) is 0 Å². The van der Waals surface area contributed by atoms with E-state index in [-0.39, 0.29) is 24.3 Å². The van der Waals surface area contributed by atoms with Crippen molar-refractivity contribution >= 4 is 17.5 Å². The predicted molar refractivity (Wildman–Crippen MR) is 86.4 cm³/mol. The molecule has 0 heterocycles. The van der Waals surface area contributed by atoms with Gasteiger partial charge in [0.05, 0.1) is 18.2 Å². The van der Waals surface area contributed by atoms with Crippen LogP contribution in [0.4, 0.5) is 10.1 Å². The normalized spacial score (nSPS) is 11.6. The number of amides is 2. The smallest absolute Gasteiger partial charge is 0.250 e. The molecule has 0 spiro atoms. The summed E-state index contributed by atoms with van der Waals surface area (Å²) in [5, 5.41) is 5.68.